The number of nitrogens with zero attached hydrogens (tertiary/aromatic N) is 4. The molecule has 0 unspecified atom stereocenters. The first-order valence-corrected chi connectivity index (χ1v) is 9.59. The minimum Gasteiger partial charge on any atom is -0.378 e. The highest BCUT2D eigenvalue weighted by molar-refractivity contribution is 6.31. The summed E-state index contributed by atoms with van der Waals surface area (Å²) in [6.45, 7) is 4.51. The van der Waals surface area contributed by atoms with Gasteiger partial charge in [-0.15, -0.1) is 0 Å². The van der Waals surface area contributed by atoms with E-state index >= 15 is 0 Å². The second-order valence-corrected chi connectivity index (χ2v) is 7.01. The normalized spacial score (nSPS) is 14.0. The van der Waals surface area contributed by atoms with Gasteiger partial charge in [-0.3, -0.25) is 0 Å². The molecular weight excluding hydrogens is 395 g/mol. The maximum atomic E-state index is 13.5. The van der Waals surface area contributed by atoms with E-state index in [2.05, 4.69) is 25.6 Å². The molecule has 0 atom stereocenters. The molecule has 2 N–H and O–H groups in total. The third-order valence-electron chi connectivity index (χ3n) is 4.43. The standard InChI is InChI=1S/C20H20ClFN6O/c1-13-5-6-16(12-17(13)21)24-19-25-18(23-15-4-2-3-14(22)11-15)26-20(27-19)28-7-9-29-10-8-28/h2-6,11-12H,7-10H2,1H3,(H2,23,24,25,26,27). The monoisotopic (exact) mass is 414 g/mol. The summed E-state index contributed by atoms with van der Waals surface area (Å²) in [4.78, 5) is 15.5. The van der Waals surface area contributed by atoms with Crippen LogP contribution in [0.5, 0.6) is 0 Å². The van der Waals surface area contributed by atoms with Crippen molar-refractivity contribution in [1.29, 1.82) is 0 Å². The van der Waals surface area contributed by atoms with Crippen LogP contribution >= 0.6 is 11.6 Å². The van der Waals surface area contributed by atoms with E-state index in [-0.39, 0.29) is 5.82 Å². The number of rotatable bonds is 5. The molecule has 1 saturated heterocycles. The van der Waals surface area contributed by atoms with Gasteiger partial charge in [-0.2, -0.15) is 15.0 Å². The Balaban J connectivity index is 1.65. The van der Waals surface area contributed by atoms with Gasteiger partial charge in [-0.05, 0) is 42.8 Å². The van der Waals surface area contributed by atoms with E-state index in [1.165, 1.54) is 12.1 Å². The number of aromatic nitrogens is 3. The van der Waals surface area contributed by atoms with Crippen molar-refractivity contribution >= 4 is 40.8 Å². The third-order valence-corrected chi connectivity index (χ3v) is 4.83. The molecule has 0 aliphatic carbocycles. The number of anilines is 5. The summed E-state index contributed by atoms with van der Waals surface area (Å²) in [5, 5.41) is 6.86. The Morgan fingerprint density at radius 2 is 1.66 bits per heavy atom. The van der Waals surface area contributed by atoms with Crippen molar-refractivity contribution < 1.29 is 9.13 Å². The zero-order chi connectivity index (χ0) is 20.2. The summed E-state index contributed by atoms with van der Waals surface area (Å²) in [5.41, 5.74) is 2.29. The van der Waals surface area contributed by atoms with Crippen molar-refractivity contribution in [2.75, 3.05) is 41.8 Å². The first-order chi connectivity index (χ1) is 14.1. The summed E-state index contributed by atoms with van der Waals surface area (Å²) < 4.78 is 18.9. The van der Waals surface area contributed by atoms with E-state index in [9.17, 15) is 4.39 Å². The van der Waals surface area contributed by atoms with E-state index < -0.39 is 0 Å². The molecule has 0 spiro atoms. The van der Waals surface area contributed by atoms with Crippen LogP contribution in [0.25, 0.3) is 0 Å². The molecule has 1 aliphatic heterocycles. The Kier molecular flexibility index (Phi) is 5.73. The molecule has 150 valence electrons. The van der Waals surface area contributed by atoms with E-state index in [1.807, 2.05) is 30.0 Å². The highest BCUT2D eigenvalue weighted by atomic mass is 35.5. The van der Waals surface area contributed by atoms with Gasteiger partial charge >= 0.3 is 0 Å². The number of ether oxygens (including phenoxy) is 1. The zero-order valence-corrected chi connectivity index (χ0v) is 16.6. The number of halogens is 2. The lowest BCUT2D eigenvalue weighted by atomic mass is 10.2. The largest absolute Gasteiger partial charge is 0.378 e. The van der Waals surface area contributed by atoms with E-state index in [1.54, 1.807) is 12.1 Å². The maximum absolute atomic E-state index is 13.5. The number of benzene rings is 2. The van der Waals surface area contributed by atoms with Gasteiger partial charge in [0.1, 0.15) is 5.82 Å². The SMILES string of the molecule is Cc1ccc(Nc2nc(Nc3cccc(F)c3)nc(N3CCOCC3)n2)cc1Cl. The number of nitrogens with one attached hydrogen (secondary N) is 2. The molecule has 1 aromatic heterocycles. The van der Waals surface area contributed by atoms with Crippen molar-refractivity contribution in [3.05, 3.63) is 58.9 Å². The zero-order valence-electron chi connectivity index (χ0n) is 15.8. The van der Waals surface area contributed by atoms with E-state index in [0.29, 0.717) is 54.9 Å². The van der Waals surface area contributed by atoms with E-state index in [4.69, 9.17) is 16.3 Å². The third kappa shape index (κ3) is 4.90. The minimum absolute atomic E-state index is 0.313. The maximum Gasteiger partial charge on any atom is 0.233 e. The summed E-state index contributed by atoms with van der Waals surface area (Å²) >= 11 is 6.22. The summed E-state index contributed by atoms with van der Waals surface area (Å²) in [7, 11) is 0. The topological polar surface area (TPSA) is 75.2 Å². The number of aryl methyl sites for hydroxylation is 1. The van der Waals surface area contributed by atoms with Crippen molar-refractivity contribution in [3.8, 4) is 0 Å². The van der Waals surface area contributed by atoms with Gasteiger partial charge in [0, 0.05) is 29.5 Å². The van der Waals surface area contributed by atoms with Crippen molar-refractivity contribution in [2.24, 2.45) is 0 Å². The highest BCUT2D eigenvalue weighted by Gasteiger charge is 2.17. The van der Waals surface area contributed by atoms with Crippen LogP contribution in [0.2, 0.25) is 5.02 Å². The van der Waals surface area contributed by atoms with Crippen molar-refractivity contribution in [1.82, 2.24) is 15.0 Å². The van der Waals surface area contributed by atoms with Crippen LogP contribution in [0, 0.1) is 12.7 Å². The molecule has 3 aromatic rings. The number of hydrogen-bond donors (Lipinski definition) is 2. The quantitative estimate of drug-likeness (QED) is 0.644. The predicted molar refractivity (Wildman–Crippen MR) is 112 cm³/mol. The molecule has 0 amide bonds. The molecule has 2 heterocycles. The molecule has 9 heteroatoms. The second-order valence-electron chi connectivity index (χ2n) is 6.61. The smallest absolute Gasteiger partial charge is 0.233 e. The van der Waals surface area contributed by atoms with Gasteiger partial charge in [0.25, 0.3) is 0 Å². The van der Waals surface area contributed by atoms with Gasteiger partial charge in [-0.25, -0.2) is 4.39 Å². The van der Waals surface area contributed by atoms with E-state index in [0.717, 1.165) is 11.3 Å². The lowest BCUT2D eigenvalue weighted by molar-refractivity contribution is 0.122. The molecule has 1 fully saturated rings. The average molecular weight is 415 g/mol. The van der Waals surface area contributed by atoms with Gasteiger partial charge in [0.05, 0.1) is 13.2 Å². The first-order valence-electron chi connectivity index (χ1n) is 9.21. The van der Waals surface area contributed by atoms with Crippen LogP contribution in [0.3, 0.4) is 0 Å². The summed E-state index contributed by atoms with van der Waals surface area (Å²) in [6, 6.07) is 11.8. The Morgan fingerprint density at radius 1 is 0.966 bits per heavy atom. The van der Waals surface area contributed by atoms with Crippen LogP contribution in [-0.2, 0) is 4.74 Å². The van der Waals surface area contributed by atoms with Crippen LogP contribution in [0.4, 0.5) is 33.6 Å². The average Bonchev–Trinajstić information content (AvgIpc) is 2.71. The van der Waals surface area contributed by atoms with Gasteiger partial charge in [0.2, 0.25) is 17.8 Å². The minimum atomic E-state index is -0.342. The highest BCUT2D eigenvalue weighted by Crippen LogP contribution is 2.24. The Morgan fingerprint density at radius 3 is 2.31 bits per heavy atom. The molecule has 0 saturated carbocycles. The van der Waals surface area contributed by atoms with Crippen molar-refractivity contribution in [3.63, 3.8) is 0 Å². The van der Waals surface area contributed by atoms with Crippen LogP contribution in [0.1, 0.15) is 5.56 Å². The Hall–Kier alpha value is -2.97. The summed E-state index contributed by atoms with van der Waals surface area (Å²) in [6.07, 6.45) is 0. The summed E-state index contributed by atoms with van der Waals surface area (Å²) in [5.74, 6) is 0.848. The van der Waals surface area contributed by atoms with Crippen LogP contribution in [0.15, 0.2) is 42.5 Å². The molecule has 2 aromatic carbocycles. The fraction of sp³-hybridized carbons (Fsp3) is 0.250. The van der Waals surface area contributed by atoms with Crippen LogP contribution in [-0.4, -0.2) is 41.3 Å². The predicted octanol–water partition coefficient (Wildman–Crippen LogP) is 4.30. The van der Waals surface area contributed by atoms with Gasteiger partial charge < -0.3 is 20.3 Å². The molecule has 4 rings (SSSR count). The second kappa shape index (κ2) is 8.59. The Labute approximate surface area is 172 Å². The van der Waals surface area contributed by atoms with Gasteiger partial charge in [-0.1, -0.05) is 23.7 Å². The molecule has 29 heavy (non-hydrogen) atoms. The lowest BCUT2D eigenvalue weighted by Crippen LogP contribution is -2.37. The fourth-order valence-corrected chi connectivity index (χ4v) is 3.06. The molecule has 0 bridgehead atoms. The van der Waals surface area contributed by atoms with Crippen molar-refractivity contribution in [2.45, 2.75) is 6.92 Å². The van der Waals surface area contributed by atoms with Crippen LogP contribution < -0.4 is 15.5 Å². The molecule has 0 radical (unpaired) electrons. The Bertz CT molecular complexity index is 1010. The molecule has 7 nitrogen and oxygen atoms in total. The van der Waals surface area contributed by atoms with Gasteiger partial charge in [0.15, 0.2) is 0 Å². The molecule has 1 aliphatic rings. The lowest BCUT2D eigenvalue weighted by Gasteiger charge is -2.27. The fourth-order valence-electron chi connectivity index (χ4n) is 2.88. The molecular formula is C20H20ClFN6O. The number of morpholine rings is 1. The number of hydrogen-bond acceptors (Lipinski definition) is 7. The first kappa shape index (κ1) is 19.4.